The van der Waals surface area contributed by atoms with E-state index in [1.807, 2.05) is 36.4 Å². The van der Waals surface area contributed by atoms with Crippen LogP contribution in [-0.4, -0.2) is 21.3 Å². The number of methoxy groups -OCH3 is 3. The molecule has 2 aromatic carbocycles. The summed E-state index contributed by atoms with van der Waals surface area (Å²) in [6, 6.07) is 11.6. The summed E-state index contributed by atoms with van der Waals surface area (Å²) in [7, 11) is 4.89. The predicted molar refractivity (Wildman–Crippen MR) is 84.8 cm³/mol. The number of ether oxygens (including phenoxy) is 4. The van der Waals surface area contributed by atoms with E-state index in [-0.39, 0.29) is 0 Å². The zero-order valence-corrected chi connectivity index (χ0v) is 12.9. The molecule has 0 fully saturated rings. The molecule has 0 unspecified atom stereocenters. The molecule has 0 bridgehead atoms. The highest BCUT2D eigenvalue weighted by atomic mass is 16.5. The lowest BCUT2D eigenvalue weighted by Crippen LogP contribution is -2.04. The normalized spacial score (nSPS) is 12.8. The standard InChI is InChI=1S/C18H18O4/c1-19-14-7-4-12-5-8-15(22-17(12)11-14)13-6-9-16(20-2)18(10-13)21-3/h4,6-11H,5H2,1-3H3. The highest BCUT2D eigenvalue weighted by Gasteiger charge is 2.16. The Balaban J connectivity index is 1.92. The molecule has 1 aliphatic rings. The second-order valence-corrected chi connectivity index (χ2v) is 4.92. The van der Waals surface area contributed by atoms with Crippen LogP contribution in [0.4, 0.5) is 0 Å². The van der Waals surface area contributed by atoms with E-state index < -0.39 is 0 Å². The highest BCUT2D eigenvalue weighted by molar-refractivity contribution is 5.68. The summed E-state index contributed by atoms with van der Waals surface area (Å²) in [5.41, 5.74) is 2.09. The first-order valence-corrected chi connectivity index (χ1v) is 7.02. The van der Waals surface area contributed by atoms with Gasteiger partial charge in [-0.3, -0.25) is 0 Å². The van der Waals surface area contributed by atoms with Crippen LogP contribution in [0.25, 0.3) is 5.76 Å². The van der Waals surface area contributed by atoms with Crippen LogP contribution in [0.5, 0.6) is 23.0 Å². The molecule has 0 aliphatic carbocycles. The van der Waals surface area contributed by atoms with Gasteiger partial charge in [0.05, 0.1) is 21.3 Å². The van der Waals surface area contributed by atoms with E-state index >= 15 is 0 Å². The van der Waals surface area contributed by atoms with Crippen LogP contribution in [0.1, 0.15) is 11.1 Å². The van der Waals surface area contributed by atoms with Crippen LogP contribution in [0.15, 0.2) is 42.5 Å². The molecule has 0 atom stereocenters. The van der Waals surface area contributed by atoms with Crippen LogP contribution in [0, 0.1) is 0 Å². The summed E-state index contributed by atoms with van der Waals surface area (Å²) in [6.07, 6.45) is 2.89. The second kappa shape index (κ2) is 6.02. The Morgan fingerprint density at radius 3 is 2.41 bits per heavy atom. The number of rotatable bonds is 4. The smallest absolute Gasteiger partial charge is 0.161 e. The summed E-state index contributed by atoms with van der Waals surface area (Å²) in [4.78, 5) is 0. The Morgan fingerprint density at radius 2 is 1.68 bits per heavy atom. The van der Waals surface area contributed by atoms with E-state index in [9.17, 15) is 0 Å². The Hall–Kier alpha value is -2.62. The van der Waals surface area contributed by atoms with E-state index in [0.29, 0.717) is 11.5 Å². The maximum absolute atomic E-state index is 6.02. The first-order valence-electron chi connectivity index (χ1n) is 7.02. The Kier molecular flexibility index (Phi) is 3.92. The van der Waals surface area contributed by atoms with Crippen molar-refractivity contribution in [3.05, 3.63) is 53.6 Å². The van der Waals surface area contributed by atoms with Crippen LogP contribution >= 0.6 is 0 Å². The van der Waals surface area contributed by atoms with E-state index in [1.165, 1.54) is 0 Å². The van der Waals surface area contributed by atoms with Gasteiger partial charge in [0.1, 0.15) is 17.3 Å². The van der Waals surface area contributed by atoms with Crippen molar-refractivity contribution < 1.29 is 18.9 Å². The zero-order valence-electron chi connectivity index (χ0n) is 12.9. The fourth-order valence-corrected chi connectivity index (χ4v) is 2.45. The van der Waals surface area contributed by atoms with Gasteiger partial charge >= 0.3 is 0 Å². The van der Waals surface area contributed by atoms with Crippen molar-refractivity contribution in [2.75, 3.05) is 21.3 Å². The van der Waals surface area contributed by atoms with E-state index in [0.717, 1.165) is 34.8 Å². The van der Waals surface area contributed by atoms with Gasteiger partial charge in [0.15, 0.2) is 11.5 Å². The van der Waals surface area contributed by atoms with Gasteiger partial charge in [-0.05, 0) is 42.3 Å². The van der Waals surface area contributed by atoms with Gasteiger partial charge < -0.3 is 18.9 Å². The molecule has 1 aliphatic heterocycles. The fourth-order valence-electron chi connectivity index (χ4n) is 2.45. The van der Waals surface area contributed by atoms with Gasteiger partial charge in [-0.2, -0.15) is 0 Å². The number of hydrogen-bond acceptors (Lipinski definition) is 4. The summed E-state index contributed by atoms with van der Waals surface area (Å²) in [6.45, 7) is 0. The van der Waals surface area contributed by atoms with Crippen molar-refractivity contribution in [3.63, 3.8) is 0 Å². The van der Waals surface area contributed by atoms with Crippen LogP contribution in [0.2, 0.25) is 0 Å². The van der Waals surface area contributed by atoms with Gasteiger partial charge in [-0.1, -0.05) is 6.07 Å². The third kappa shape index (κ3) is 2.60. The van der Waals surface area contributed by atoms with Gasteiger partial charge in [0, 0.05) is 11.6 Å². The lowest BCUT2D eigenvalue weighted by atomic mass is 10.0. The van der Waals surface area contributed by atoms with Crippen molar-refractivity contribution in [2.45, 2.75) is 6.42 Å². The first-order chi connectivity index (χ1) is 10.7. The van der Waals surface area contributed by atoms with E-state index in [1.54, 1.807) is 21.3 Å². The maximum atomic E-state index is 6.02. The van der Waals surface area contributed by atoms with Crippen molar-refractivity contribution >= 4 is 5.76 Å². The van der Waals surface area contributed by atoms with Crippen molar-refractivity contribution in [2.24, 2.45) is 0 Å². The third-order valence-corrected chi connectivity index (χ3v) is 3.67. The summed E-state index contributed by atoms with van der Waals surface area (Å²) >= 11 is 0. The first kappa shape index (κ1) is 14.3. The molecule has 0 amide bonds. The lowest BCUT2D eigenvalue weighted by molar-refractivity contribution is 0.354. The molecule has 0 saturated heterocycles. The molecule has 4 nitrogen and oxygen atoms in total. The molecular formula is C18H18O4. The number of fused-ring (bicyclic) bond motifs is 1. The Labute approximate surface area is 129 Å². The third-order valence-electron chi connectivity index (χ3n) is 3.67. The van der Waals surface area contributed by atoms with E-state index in [4.69, 9.17) is 18.9 Å². The van der Waals surface area contributed by atoms with Gasteiger partial charge in [0.25, 0.3) is 0 Å². The molecule has 0 spiro atoms. The van der Waals surface area contributed by atoms with Crippen molar-refractivity contribution in [1.29, 1.82) is 0 Å². The lowest BCUT2D eigenvalue weighted by Gasteiger charge is -2.19. The molecule has 0 N–H and O–H groups in total. The van der Waals surface area contributed by atoms with Gasteiger partial charge in [0.2, 0.25) is 0 Å². The Bertz CT molecular complexity index is 719. The quantitative estimate of drug-likeness (QED) is 0.862. The number of allylic oxidation sites excluding steroid dienone is 1. The molecule has 22 heavy (non-hydrogen) atoms. The van der Waals surface area contributed by atoms with E-state index in [2.05, 4.69) is 6.08 Å². The fraction of sp³-hybridized carbons (Fsp3) is 0.222. The molecule has 0 aromatic heterocycles. The maximum Gasteiger partial charge on any atom is 0.161 e. The average molecular weight is 298 g/mol. The molecule has 1 heterocycles. The molecule has 0 saturated carbocycles. The molecule has 2 aromatic rings. The highest BCUT2D eigenvalue weighted by Crippen LogP contribution is 2.36. The topological polar surface area (TPSA) is 36.9 Å². The average Bonchev–Trinajstić information content (AvgIpc) is 2.60. The van der Waals surface area contributed by atoms with Crippen LogP contribution < -0.4 is 18.9 Å². The Morgan fingerprint density at radius 1 is 0.864 bits per heavy atom. The minimum absolute atomic E-state index is 0.681. The second-order valence-electron chi connectivity index (χ2n) is 4.92. The number of hydrogen-bond donors (Lipinski definition) is 0. The molecule has 4 heteroatoms. The van der Waals surface area contributed by atoms with Gasteiger partial charge in [-0.15, -0.1) is 0 Å². The minimum atomic E-state index is 0.681. The molecule has 3 rings (SSSR count). The summed E-state index contributed by atoms with van der Waals surface area (Å²) in [5.74, 6) is 3.80. The van der Waals surface area contributed by atoms with Crippen molar-refractivity contribution in [3.8, 4) is 23.0 Å². The molecule has 0 radical (unpaired) electrons. The summed E-state index contributed by atoms with van der Waals surface area (Å²) < 4.78 is 21.9. The molecule has 114 valence electrons. The zero-order chi connectivity index (χ0) is 15.5. The van der Waals surface area contributed by atoms with Crippen LogP contribution in [-0.2, 0) is 6.42 Å². The van der Waals surface area contributed by atoms with Crippen LogP contribution in [0.3, 0.4) is 0 Å². The molecular weight excluding hydrogens is 280 g/mol. The number of benzene rings is 2. The predicted octanol–water partition coefficient (Wildman–Crippen LogP) is 3.69. The van der Waals surface area contributed by atoms with Gasteiger partial charge in [-0.25, -0.2) is 0 Å². The SMILES string of the molecule is COc1ccc2c(c1)OC(c1ccc(OC)c(OC)c1)=CC2. The largest absolute Gasteiger partial charge is 0.497 e. The minimum Gasteiger partial charge on any atom is -0.497 e. The monoisotopic (exact) mass is 298 g/mol. The summed E-state index contributed by atoms with van der Waals surface area (Å²) in [5, 5.41) is 0. The van der Waals surface area contributed by atoms with Crippen molar-refractivity contribution in [1.82, 2.24) is 0 Å².